The van der Waals surface area contributed by atoms with E-state index in [0.29, 0.717) is 23.0 Å². The van der Waals surface area contributed by atoms with Crippen LogP contribution in [0.5, 0.6) is 5.75 Å². The zero-order chi connectivity index (χ0) is 19.2. The highest BCUT2D eigenvalue weighted by atomic mass is 79.9. The van der Waals surface area contributed by atoms with Crippen LogP contribution in [0.15, 0.2) is 51.8 Å². The second-order valence-electron chi connectivity index (χ2n) is 5.62. The minimum Gasteiger partial charge on any atom is -0.470 e. The normalized spacial score (nSPS) is 10.8. The molecule has 1 N–H and O–H groups in total. The fraction of sp³-hybridized carbons (Fsp3) is 0.235. The van der Waals surface area contributed by atoms with Crippen LogP contribution in [0.4, 0.5) is 0 Å². The zero-order valence-electron chi connectivity index (χ0n) is 14.1. The molecule has 27 heavy (non-hydrogen) atoms. The zero-order valence-corrected chi connectivity index (χ0v) is 18.0. The summed E-state index contributed by atoms with van der Waals surface area (Å²) >= 11 is 12.8. The van der Waals surface area contributed by atoms with Gasteiger partial charge in [0.25, 0.3) is 5.91 Å². The van der Waals surface area contributed by atoms with Gasteiger partial charge in [0, 0.05) is 30.0 Å². The first kappa shape index (κ1) is 19.9. The lowest BCUT2D eigenvalue weighted by atomic mass is 10.3. The Bertz CT molecular complexity index is 928. The average Bonchev–Trinajstić information content (AvgIpc) is 3.27. The summed E-state index contributed by atoms with van der Waals surface area (Å²) in [6.45, 7) is 1.42. The molecule has 0 aliphatic heterocycles. The Balaban J connectivity index is 1.44. The fourth-order valence-corrected chi connectivity index (χ4v) is 3.33. The van der Waals surface area contributed by atoms with Gasteiger partial charge in [-0.05, 0) is 46.6 Å². The van der Waals surface area contributed by atoms with Gasteiger partial charge in [0.2, 0.25) is 0 Å². The first-order valence-corrected chi connectivity index (χ1v) is 10.0. The van der Waals surface area contributed by atoms with Gasteiger partial charge in [-0.15, -0.1) is 0 Å². The Morgan fingerprint density at radius 1 is 1.22 bits per heavy atom. The summed E-state index contributed by atoms with van der Waals surface area (Å²) in [5.74, 6) is 0.323. The number of aryl methyl sites for hydroxylation is 1. The van der Waals surface area contributed by atoms with E-state index >= 15 is 0 Å². The molecule has 2 aromatic heterocycles. The summed E-state index contributed by atoms with van der Waals surface area (Å²) in [5.41, 5.74) is 0.335. The molecule has 0 aliphatic rings. The number of benzene rings is 1. The van der Waals surface area contributed by atoms with Gasteiger partial charge in [-0.2, -0.15) is 10.2 Å². The second kappa shape index (κ2) is 9.38. The molecular weight excluding hydrogens is 501 g/mol. The van der Waals surface area contributed by atoms with Crippen molar-refractivity contribution < 1.29 is 9.53 Å². The van der Waals surface area contributed by atoms with E-state index in [2.05, 4.69) is 47.4 Å². The number of halogens is 3. The van der Waals surface area contributed by atoms with Crippen LogP contribution in [0.1, 0.15) is 16.9 Å². The van der Waals surface area contributed by atoms with Crippen molar-refractivity contribution in [3.05, 3.63) is 62.5 Å². The monoisotopic (exact) mass is 515 g/mol. The van der Waals surface area contributed by atoms with Crippen LogP contribution in [0, 0.1) is 0 Å². The summed E-state index contributed by atoms with van der Waals surface area (Å²) < 4.78 is 10.8. The number of carbonyl (C=O) groups excluding carboxylic acids is 1. The first-order valence-electron chi connectivity index (χ1n) is 8.09. The largest absolute Gasteiger partial charge is 0.470 e. The molecule has 3 aromatic rings. The maximum Gasteiger partial charge on any atom is 0.271 e. The maximum absolute atomic E-state index is 12.2. The summed E-state index contributed by atoms with van der Waals surface area (Å²) in [4.78, 5) is 12.2. The van der Waals surface area contributed by atoms with Gasteiger partial charge < -0.3 is 10.1 Å². The van der Waals surface area contributed by atoms with Crippen LogP contribution >= 0.6 is 43.5 Å². The molecule has 2 heterocycles. The number of ether oxygens (including phenoxy) is 1. The van der Waals surface area contributed by atoms with Gasteiger partial charge in [0.1, 0.15) is 11.4 Å². The van der Waals surface area contributed by atoms with Crippen LogP contribution in [0.2, 0.25) is 5.02 Å². The molecule has 0 bridgehead atoms. The highest BCUT2D eigenvalue weighted by molar-refractivity contribution is 9.10. The van der Waals surface area contributed by atoms with Crippen LogP contribution in [0.3, 0.4) is 0 Å². The van der Waals surface area contributed by atoms with Crippen molar-refractivity contribution in [2.24, 2.45) is 0 Å². The maximum atomic E-state index is 12.2. The molecule has 142 valence electrons. The van der Waals surface area contributed by atoms with E-state index in [4.69, 9.17) is 16.3 Å². The van der Waals surface area contributed by atoms with E-state index in [1.165, 1.54) is 4.68 Å². The van der Waals surface area contributed by atoms with Crippen molar-refractivity contribution in [3.8, 4) is 5.75 Å². The first-order chi connectivity index (χ1) is 13.0. The smallest absolute Gasteiger partial charge is 0.271 e. The minimum atomic E-state index is -0.225. The van der Waals surface area contributed by atoms with Crippen molar-refractivity contribution in [3.63, 3.8) is 0 Å². The lowest BCUT2D eigenvalue weighted by Crippen LogP contribution is -2.26. The molecule has 7 nitrogen and oxygen atoms in total. The van der Waals surface area contributed by atoms with Crippen molar-refractivity contribution >= 4 is 49.4 Å². The molecule has 10 heteroatoms. The van der Waals surface area contributed by atoms with Crippen LogP contribution < -0.4 is 10.1 Å². The standard InChI is InChI=1S/C17H16Br2ClN5O2/c18-12-2-3-16(14(20)8-12)27-11-25-7-4-15(23-25)17(26)21-5-1-6-24-10-13(19)9-22-24/h2-4,7-10H,1,5-6,11H2,(H,21,26). The number of hydrogen-bond donors (Lipinski definition) is 1. The predicted octanol–water partition coefficient (Wildman–Crippen LogP) is 4.11. The number of aromatic nitrogens is 4. The van der Waals surface area contributed by atoms with Gasteiger partial charge in [-0.1, -0.05) is 27.5 Å². The number of nitrogens with one attached hydrogen (secondary N) is 1. The highest BCUT2D eigenvalue weighted by Gasteiger charge is 2.10. The molecule has 0 unspecified atom stereocenters. The molecule has 0 aliphatic carbocycles. The van der Waals surface area contributed by atoms with E-state index in [0.717, 1.165) is 21.9 Å². The van der Waals surface area contributed by atoms with Gasteiger partial charge in [0.05, 0.1) is 15.7 Å². The molecule has 0 atom stereocenters. The van der Waals surface area contributed by atoms with E-state index in [-0.39, 0.29) is 12.6 Å². The van der Waals surface area contributed by atoms with Crippen molar-refractivity contribution in [2.75, 3.05) is 6.54 Å². The van der Waals surface area contributed by atoms with Crippen LogP contribution in [-0.2, 0) is 13.3 Å². The Hall–Kier alpha value is -1.84. The van der Waals surface area contributed by atoms with Gasteiger partial charge in [0.15, 0.2) is 6.73 Å². The van der Waals surface area contributed by atoms with Crippen molar-refractivity contribution in [2.45, 2.75) is 19.7 Å². The quantitative estimate of drug-likeness (QED) is 0.457. The Morgan fingerprint density at radius 3 is 2.81 bits per heavy atom. The predicted molar refractivity (Wildman–Crippen MR) is 109 cm³/mol. The molecular formula is C17H16Br2ClN5O2. The lowest BCUT2D eigenvalue weighted by Gasteiger charge is -2.08. The Labute approximate surface area is 177 Å². The molecule has 0 saturated heterocycles. The molecule has 0 spiro atoms. The van der Waals surface area contributed by atoms with Gasteiger partial charge in [-0.25, -0.2) is 4.68 Å². The van der Waals surface area contributed by atoms with Gasteiger partial charge in [-0.3, -0.25) is 9.48 Å². The molecule has 3 rings (SSSR count). The van der Waals surface area contributed by atoms with Crippen molar-refractivity contribution in [1.82, 2.24) is 24.9 Å². The third-order valence-electron chi connectivity index (χ3n) is 3.57. The second-order valence-corrected chi connectivity index (χ2v) is 7.86. The van der Waals surface area contributed by atoms with E-state index < -0.39 is 0 Å². The number of hydrogen-bond acceptors (Lipinski definition) is 4. The Kier molecular flexibility index (Phi) is 6.92. The molecule has 0 saturated carbocycles. The average molecular weight is 518 g/mol. The van der Waals surface area contributed by atoms with E-state index in [1.54, 1.807) is 30.6 Å². The van der Waals surface area contributed by atoms with E-state index in [9.17, 15) is 4.79 Å². The number of carbonyl (C=O) groups is 1. The van der Waals surface area contributed by atoms with E-state index in [1.807, 2.05) is 16.9 Å². The van der Waals surface area contributed by atoms with Crippen molar-refractivity contribution in [1.29, 1.82) is 0 Å². The topological polar surface area (TPSA) is 74.0 Å². The SMILES string of the molecule is O=C(NCCCn1cc(Br)cn1)c1ccn(COc2ccc(Br)cc2Cl)n1. The molecule has 1 aromatic carbocycles. The number of rotatable bonds is 8. The fourth-order valence-electron chi connectivity index (χ4n) is 2.28. The minimum absolute atomic E-state index is 0.156. The van der Waals surface area contributed by atoms with Crippen LogP contribution in [-0.4, -0.2) is 32.0 Å². The lowest BCUT2D eigenvalue weighted by molar-refractivity contribution is 0.0945. The summed E-state index contributed by atoms with van der Waals surface area (Å²) in [5, 5.41) is 11.7. The summed E-state index contributed by atoms with van der Waals surface area (Å²) in [6, 6.07) is 7.00. The third kappa shape index (κ3) is 5.82. The van der Waals surface area contributed by atoms with Crippen LogP contribution in [0.25, 0.3) is 0 Å². The third-order valence-corrected chi connectivity index (χ3v) is 4.77. The van der Waals surface area contributed by atoms with Gasteiger partial charge >= 0.3 is 0 Å². The number of nitrogens with zero attached hydrogens (tertiary/aromatic N) is 4. The molecule has 0 fully saturated rings. The molecule has 1 amide bonds. The summed E-state index contributed by atoms with van der Waals surface area (Å²) in [6.07, 6.45) is 6.07. The highest BCUT2D eigenvalue weighted by Crippen LogP contribution is 2.27. The summed E-state index contributed by atoms with van der Waals surface area (Å²) in [7, 11) is 0. The number of amides is 1. The Morgan fingerprint density at radius 2 is 2.07 bits per heavy atom. The molecule has 0 radical (unpaired) electrons.